The first-order chi connectivity index (χ1) is 8.06. The van der Waals surface area contributed by atoms with Crippen molar-refractivity contribution in [3.63, 3.8) is 0 Å². The highest BCUT2D eigenvalue weighted by atomic mass is 32.1. The van der Waals surface area contributed by atoms with Crippen LogP contribution in [-0.2, 0) is 14.3 Å². The van der Waals surface area contributed by atoms with E-state index in [1.165, 1.54) is 12.5 Å². The van der Waals surface area contributed by atoms with Gasteiger partial charge in [-0.3, -0.25) is 4.79 Å². The summed E-state index contributed by atoms with van der Waals surface area (Å²) in [6.45, 7) is 5.54. The quantitative estimate of drug-likeness (QED) is 0.777. The molecule has 4 nitrogen and oxygen atoms in total. The van der Waals surface area contributed by atoms with Crippen molar-refractivity contribution in [2.45, 2.75) is 32.9 Å². The molecule has 5 heteroatoms. The van der Waals surface area contributed by atoms with Gasteiger partial charge in [-0.15, -0.1) is 11.3 Å². The van der Waals surface area contributed by atoms with Crippen LogP contribution < -0.4 is 0 Å². The smallest absolute Gasteiger partial charge is 0.302 e. The van der Waals surface area contributed by atoms with E-state index in [0.717, 1.165) is 4.88 Å². The van der Waals surface area contributed by atoms with Crippen molar-refractivity contribution in [2.75, 3.05) is 6.61 Å². The van der Waals surface area contributed by atoms with E-state index in [1.54, 1.807) is 11.3 Å². The first-order valence-electron chi connectivity index (χ1n) is 5.45. The number of hydrogen-bond donors (Lipinski definition) is 0. The van der Waals surface area contributed by atoms with E-state index in [0.29, 0.717) is 5.90 Å². The summed E-state index contributed by atoms with van der Waals surface area (Å²) in [4.78, 5) is 16.3. The lowest BCUT2D eigenvalue weighted by Gasteiger charge is -2.15. The van der Waals surface area contributed by atoms with Gasteiger partial charge in [0.05, 0.1) is 0 Å². The van der Waals surface area contributed by atoms with Crippen molar-refractivity contribution >= 4 is 23.2 Å². The molecule has 1 aliphatic rings. The minimum Gasteiger partial charge on any atom is -0.470 e. The number of esters is 1. The van der Waals surface area contributed by atoms with E-state index in [4.69, 9.17) is 9.47 Å². The molecule has 0 fully saturated rings. The van der Waals surface area contributed by atoms with Gasteiger partial charge in [0, 0.05) is 18.7 Å². The summed E-state index contributed by atoms with van der Waals surface area (Å²) in [5.41, 5.74) is 1.21. The van der Waals surface area contributed by atoms with Crippen LogP contribution in [0.5, 0.6) is 0 Å². The highest BCUT2D eigenvalue weighted by Gasteiger charge is 2.32. The van der Waals surface area contributed by atoms with Gasteiger partial charge in [-0.25, -0.2) is 4.99 Å². The highest BCUT2D eigenvalue weighted by Crippen LogP contribution is 2.33. The highest BCUT2D eigenvalue weighted by molar-refractivity contribution is 7.10. The molecule has 0 amide bonds. The zero-order chi connectivity index (χ0) is 12.4. The van der Waals surface area contributed by atoms with E-state index >= 15 is 0 Å². The van der Waals surface area contributed by atoms with Gasteiger partial charge in [-0.2, -0.15) is 0 Å². The van der Waals surface area contributed by atoms with Crippen LogP contribution in [-0.4, -0.2) is 24.5 Å². The Morgan fingerprint density at radius 3 is 2.94 bits per heavy atom. The number of aryl methyl sites for hydroxylation is 1. The molecule has 1 aliphatic heterocycles. The van der Waals surface area contributed by atoms with Crippen LogP contribution in [0, 0.1) is 6.92 Å². The van der Waals surface area contributed by atoms with Gasteiger partial charge in [0.2, 0.25) is 0 Å². The molecular weight excluding hydrogens is 238 g/mol. The number of rotatable bonds is 3. The summed E-state index contributed by atoms with van der Waals surface area (Å²) in [5.74, 6) is 0.365. The van der Waals surface area contributed by atoms with Gasteiger partial charge in [0.25, 0.3) is 0 Å². The second-order valence-corrected chi connectivity index (χ2v) is 5.03. The maximum atomic E-state index is 10.8. The molecule has 92 valence electrons. The second kappa shape index (κ2) is 4.87. The van der Waals surface area contributed by atoms with E-state index in [2.05, 4.69) is 16.4 Å². The molecule has 1 aromatic heterocycles. The van der Waals surface area contributed by atoms with Gasteiger partial charge in [0.15, 0.2) is 12.0 Å². The summed E-state index contributed by atoms with van der Waals surface area (Å²) < 4.78 is 10.7. The molecule has 2 heterocycles. The summed E-state index contributed by atoms with van der Waals surface area (Å²) in [7, 11) is 0. The van der Waals surface area contributed by atoms with Crippen LogP contribution in [0.4, 0.5) is 0 Å². The number of ether oxygens (including phenoxy) is 2. The Labute approximate surface area is 104 Å². The normalized spacial score (nSPS) is 23.1. The zero-order valence-corrected chi connectivity index (χ0v) is 10.9. The number of aliphatic imine (C=N–C) groups is 1. The topological polar surface area (TPSA) is 47.9 Å². The van der Waals surface area contributed by atoms with Crippen molar-refractivity contribution in [1.29, 1.82) is 0 Å². The molecule has 0 unspecified atom stereocenters. The number of hydrogen-bond acceptors (Lipinski definition) is 5. The van der Waals surface area contributed by atoms with E-state index in [1.807, 2.05) is 13.8 Å². The van der Waals surface area contributed by atoms with Crippen LogP contribution >= 0.6 is 11.3 Å². The average Bonchev–Trinajstić information content (AvgIpc) is 2.81. The Balaban J connectivity index is 2.09. The van der Waals surface area contributed by atoms with Gasteiger partial charge in [0.1, 0.15) is 12.6 Å². The van der Waals surface area contributed by atoms with E-state index in [-0.39, 0.29) is 24.7 Å². The fourth-order valence-electron chi connectivity index (χ4n) is 1.77. The summed E-state index contributed by atoms with van der Waals surface area (Å²) >= 11 is 1.65. The average molecular weight is 253 g/mol. The Bertz CT molecular complexity index is 452. The van der Waals surface area contributed by atoms with Gasteiger partial charge < -0.3 is 9.47 Å². The lowest BCUT2D eigenvalue weighted by molar-refractivity contribution is -0.141. The molecule has 0 aromatic carbocycles. The molecule has 0 bridgehead atoms. The Morgan fingerprint density at radius 1 is 1.59 bits per heavy atom. The van der Waals surface area contributed by atoms with Crippen LogP contribution in [0.1, 0.15) is 30.4 Å². The Morgan fingerprint density at radius 2 is 2.35 bits per heavy atom. The molecule has 17 heavy (non-hydrogen) atoms. The summed E-state index contributed by atoms with van der Waals surface area (Å²) in [6, 6.07) is 1.96. The molecule has 2 atom stereocenters. The number of thiophene rings is 1. The predicted molar refractivity (Wildman–Crippen MR) is 66.4 cm³/mol. The van der Waals surface area contributed by atoms with Crippen LogP contribution in [0.2, 0.25) is 0 Å². The minimum absolute atomic E-state index is 0.118. The van der Waals surface area contributed by atoms with Crippen molar-refractivity contribution in [1.82, 2.24) is 0 Å². The lowest BCUT2D eigenvalue weighted by atomic mass is 10.1. The third-order valence-corrected chi connectivity index (χ3v) is 3.60. The zero-order valence-electron chi connectivity index (χ0n) is 10.1. The summed E-state index contributed by atoms with van der Waals surface area (Å²) in [5, 5.41) is 2.08. The van der Waals surface area contributed by atoms with Crippen molar-refractivity contribution < 1.29 is 14.3 Å². The number of carbonyl (C=O) groups is 1. The molecule has 0 N–H and O–H groups in total. The fraction of sp³-hybridized carbons (Fsp3) is 0.500. The molecule has 1 aromatic rings. The third-order valence-electron chi connectivity index (χ3n) is 2.48. The number of carbonyl (C=O) groups excluding carboxylic acids is 1. The van der Waals surface area contributed by atoms with Crippen LogP contribution in [0.25, 0.3) is 0 Å². The molecule has 2 rings (SSSR count). The third kappa shape index (κ3) is 2.85. The maximum absolute atomic E-state index is 10.8. The van der Waals surface area contributed by atoms with Gasteiger partial charge in [-0.05, 0) is 23.9 Å². The first-order valence-corrected chi connectivity index (χ1v) is 6.33. The van der Waals surface area contributed by atoms with Crippen molar-refractivity contribution in [3.8, 4) is 0 Å². The largest absolute Gasteiger partial charge is 0.470 e. The molecule has 0 saturated heterocycles. The van der Waals surface area contributed by atoms with Gasteiger partial charge >= 0.3 is 5.97 Å². The van der Waals surface area contributed by atoms with E-state index in [9.17, 15) is 4.79 Å². The standard InChI is InChI=1S/C12H15NO3S/c1-7-4-11(17-6-7)12-10(5-15-9(3)14)13-8(2)16-12/h4,6,10,12H,5H2,1-3H3/t10-,12-/m1/s1. The summed E-state index contributed by atoms with van der Waals surface area (Å²) in [6.07, 6.45) is -0.118. The molecular formula is C12H15NO3S. The SMILES string of the molecule is CC(=O)OC[C@H]1N=C(C)O[C@H]1c1cc(C)cs1. The van der Waals surface area contributed by atoms with Crippen LogP contribution in [0.15, 0.2) is 16.4 Å². The van der Waals surface area contributed by atoms with Crippen molar-refractivity contribution in [2.24, 2.45) is 4.99 Å². The Hall–Kier alpha value is -1.36. The number of nitrogens with zero attached hydrogens (tertiary/aromatic N) is 1. The monoisotopic (exact) mass is 253 g/mol. The minimum atomic E-state index is -0.286. The molecule has 0 saturated carbocycles. The van der Waals surface area contributed by atoms with Crippen LogP contribution in [0.3, 0.4) is 0 Å². The fourth-order valence-corrected chi connectivity index (χ4v) is 2.75. The first kappa shape index (κ1) is 12.1. The predicted octanol–water partition coefficient (Wildman–Crippen LogP) is 2.48. The maximum Gasteiger partial charge on any atom is 0.302 e. The second-order valence-electron chi connectivity index (χ2n) is 4.08. The molecule has 0 spiro atoms. The molecule has 0 radical (unpaired) electrons. The van der Waals surface area contributed by atoms with E-state index < -0.39 is 0 Å². The van der Waals surface area contributed by atoms with Crippen molar-refractivity contribution in [3.05, 3.63) is 21.9 Å². The Kier molecular flexibility index (Phi) is 3.47. The molecule has 0 aliphatic carbocycles. The van der Waals surface area contributed by atoms with Gasteiger partial charge in [-0.1, -0.05) is 0 Å². The lowest BCUT2D eigenvalue weighted by Crippen LogP contribution is -2.20.